The summed E-state index contributed by atoms with van der Waals surface area (Å²) in [5.74, 6) is 1.16. The van der Waals surface area contributed by atoms with Crippen molar-refractivity contribution >= 4 is 10.9 Å². The third-order valence-electron chi connectivity index (χ3n) is 5.17. The summed E-state index contributed by atoms with van der Waals surface area (Å²) in [6.07, 6.45) is 2.27. The minimum absolute atomic E-state index is 0.0658. The highest BCUT2D eigenvalue weighted by molar-refractivity contribution is 5.77. The highest BCUT2D eigenvalue weighted by atomic mass is 16.1. The quantitative estimate of drug-likeness (QED) is 0.770. The molecule has 1 fully saturated rings. The number of H-pyrrole nitrogens is 2. The molecule has 2 atom stereocenters. The van der Waals surface area contributed by atoms with E-state index in [2.05, 4.69) is 33.1 Å². The molecule has 3 aromatic rings. The maximum atomic E-state index is 12.3. The van der Waals surface area contributed by atoms with Crippen molar-refractivity contribution < 1.29 is 0 Å². The van der Waals surface area contributed by atoms with Gasteiger partial charge in [-0.3, -0.25) is 14.8 Å². The molecule has 6 heteroatoms. The average molecular weight is 337 g/mol. The Balaban J connectivity index is 1.60. The molecule has 0 spiro atoms. The number of likely N-dealkylation sites (tertiary alicyclic amines) is 1. The fourth-order valence-electron chi connectivity index (χ4n) is 3.72. The first-order chi connectivity index (χ1) is 12.1. The Bertz CT molecular complexity index is 944. The molecule has 0 amide bonds. The van der Waals surface area contributed by atoms with E-state index in [1.165, 1.54) is 0 Å². The number of aromatic amines is 2. The molecule has 2 N–H and O–H groups in total. The lowest BCUT2D eigenvalue weighted by Crippen LogP contribution is -2.37. The molecule has 0 bridgehead atoms. The minimum atomic E-state index is -0.0658. The summed E-state index contributed by atoms with van der Waals surface area (Å²) >= 11 is 0. The van der Waals surface area contributed by atoms with Crippen LogP contribution in [0.5, 0.6) is 0 Å². The first-order valence-corrected chi connectivity index (χ1v) is 8.87. The number of hydrogen-bond donors (Lipinski definition) is 2. The van der Waals surface area contributed by atoms with Crippen LogP contribution in [0.1, 0.15) is 48.9 Å². The van der Waals surface area contributed by atoms with Crippen LogP contribution in [0.3, 0.4) is 0 Å². The zero-order chi connectivity index (χ0) is 17.4. The van der Waals surface area contributed by atoms with Crippen LogP contribution in [0.4, 0.5) is 0 Å². The Morgan fingerprint density at radius 3 is 2.96 bits per heavy atom. The molecule has 6 nitrogen and oxygen atoms in total. The van der Waals surface area contributed by atoms with Crippen LogP contribution in [-0.2, 0) is 0 Å². The maximum absolute atomic E-state index is 12.3. The number of para-hydroxylation sites is 1. The number of aromatic nitrogens is 4. The summed E-state index contributed by atoms with van der Waals surface area (Å²) < 4.78 is 0. The fourth-order valence-corrected chi connectivity index (χ4v) is 3.72. The maximum Gasteiger partial charge on any atom is 0.258 e. The monoisotopic (exact) mass is 337 g/mol. The molecule has 0 radical (unpaired) electrons. The van der Waals surface area contributed by atoms with Crippen LogP contribution in [0.25, 0.3) is 10.9 Å². The number of hydrogen-bond acceptors (Lipinski definition) is 4. The van der Waals surface area contributed by atoms with E-state index in [4.69, 9.17) is 4.98 Å². The summed E-state index contributed by atoms with van der Waals surface area (Å²) in [6, 6.07) is 9.69. The fraction of sp³-hybridized carbons (Fsp3) is 0.421. The normalized spacial score (nSPS) is 20.0. The Labute approximate surface area is 146 Å². The van der Waals surface area contributed by atoms with E-state index in [0.717, 1.165) is 48.7 Å². The molecule has 4 rings (SSSR count). The van der Waals surface area contributed by atoms with Crippen molar-refractivity contribution in [2.75, 3.05) is 13.1 Å². The van der Waals surface area contributed by atoms with Gasteiger partial charge in [0, 0.05) is 18.2 Å². The number of benzene rings is 1. The summed E-state index contributed by atoms with van der Waals surface area (Å²) in [7, 11) is 0. The topological polar surface area (TPSA) is 77.7 Å². The Morgan fingerprint density at radius 2 is 2.16 bits per heavy atom. The Kier molecular flexibility index (Phi) is 4.13. The highest BCUT2D eigenvalue weighted by Crippen LogP contribution is 2.30. The van der Waals surface area contributed by atoms with Gasteiger partial charge < -0.3 is 4.98 Å². The summed E-state index contributed by atoms with van der Waals surface area (Å²) in [5, 5.41) is 8.12. The van der Waals surface area contributed by atoms with Gasteiger partial charge >= 0.3 is 0 Å². The van der Waals surface area contributed by atoms with Gasteiger partial charge in [-0.1, -0.05) is 12.1 Å². The lowest BCUT2D eigenvalue weighted by molar-refractivity contribution is 0.151. The first-order valence-electron chi connectivity index (χ1n) is 8.87. The molecule has 1 saturated heterocycles. The third kappa shape index (κ3) is 3.09. The van der Waals surface area contributed by atoms with Gasteiger partial charge in [-0.05, 0) is 51.4 Å². The Hall–Kier alpha value is -2.47. The van der Waals surface area contributed by atoms with E-state index in [1.54, 1.807) is 0 Å². The van der Waals surface area contributed by atoms with Crippen molar-refractivity contribution in [3.8, 4) is 0 Å². The van der Waals surface area contributed by atoms with Gasteiger partial charge in [-0.25, -0.2) is 4.98 Å². The third-order valence-corrected chi connectivity index (χ3v) is 5.17. The smallest absolute Gasteiger partial charge is 0.258 e. The molecule has 1 aliphatic rings. The molecule has 0 saturated carbocycles. The SMILES string of the molecule is Cc1cc([C@@H]2CCCN([C@@H](C)c3nc4ccccc4c(=O)[nH]3)C2)n[nH]1. The standard InChI is InChI=1S/C19H23N5O/c1-12-10-17(23-22-12)14-6-5-9-24(11-14)13(2)18-20-16-8-4-3-7-15(16)19(25)21-18/h3-4,7-8,10,13-14H,5-6,9,11H2,1-2H3,(H,22,23)(H,20,21,25)/t13-,14+/m0/s1. The lowest BCUT2D eigenvalue weighted by atomic mass is 9.93. The minimum Gasteiger partial charge on any atom is -0.309 e. The summed E-state index contributed by atoms with van der Waals surface area (Å²) in [6.45, 7) is 6.09. The number of nitrogens with one attached hydrogen (secondary N) is 2. The number of aryl methyl sites for hydroxylation is 1. The zero-order valence-electron chi connectivity index (χ0n) is 14.6. The molecule has 0 unspecified atom stereocenters. The second kappa shape index (κ2) is 6.44. The van der Waals surface area contributed by atoms with Gasteiger partial charge in [0.1, 0.15) is 5.82 Å². The van der Waals surface area contributed by atoms with Gasteiger partial charge in [0.2, 0.25) is 0 Å². The average Bonchev–Trinajstić information content (AvgIpc) is 3.08. The van der Waals surface area contributed by atoms with E-state index >= 15 is 0 Å². The van der Waals surface area contributed by atoms with Crippen LogP contribution >= 0.6 is 0 Å². The van der Waals surface area contributed by atoms with Crippen molar-refractivity contribution in [1.29, 1.82) is 0 Å². The van der Waals surface area contributed by atoms with E-state index in [1.807, 2.05) is 31.2 Å². The molecule has 2 aromatic heterocycles. The van der Waals surface area contributed by atoms with E-state index in [-0.39, 0.29) is 11.6 Å². The van der Waals surface area contributed by atoms with Crippen LogP contribution in [-0.4, -0.2) is 38.2 Å². The lowest BCUT2D eigenvalue weighted by Gasteiger charge is -2.35. The first kappa shape index (κ1) is 16.0. The van der Waals surface area contributed by atoms with Gasteiger partial charge in [0.25, 0.3) is 5.56 Å². The molecular weight excluding hydrogens is 314 g/mol. The second-order valence-corrected chi connectivity index (χ2v) is 6.95. The Morgan fingerprint density at radius 1 is 1.32 bits per heavy atom. The molecular formula is C19H23N5O. The van der Waals surface area contributed by atoms with Crippen molar-refractivity contribution in [1.82, 2.24) is 25.1 Å². The van der Waals surface area contributed by atoms with Gasteiger partial charge in [0.15, 0.2) is 0 Å². The number of piperidine rings is 1. The van der Waals surface area contributed by atoms with Crippen molar-refractivity contribution in [3.05, 3.63) is 57.9 Å². The van der Waals surface area contributed by atoms with E-state index in [0.29, 0.717) is 11.3 Å². The number of fused-ring (bicyclic) bond motifs is 1. The second-order valence-electron chi connectivity index (χ2n) is 6.95. The van der Waals surface area contributed by atoms with Gasteiger partial charge in [-0.2, -0.15) is 5.10 Å². The van der Waals surface area contributed by atoms with Crippen molar-refractivity contribution in [2.45, 2.75) is 38.6 Å². The molecule has 25 heavy (non-hydrogen) atoms. The van der Waals surface area contributed by atoms with Crippen LogP contribution < -0.4 is 5.56 Å². The largest absolute Gasteiger partial charge is 0.309 e. The molecule has 3 heterocycles. The summed E-state index contributed by atoms with van der Waals surface area (Å²) in [5.41, 5.74) is 2.92. The van der Waals surface area contributed by atoms with Gasteiger partial charge in [-0.15, -0.1) is 0 Å². The number of nitrogens with zero attached hydrogens (tertiary/aromatic N) is 3. The molecule has 130 valence electrons. The van der Waals surface area contributed by atoms with Gasteiger partial charge in [0.05, 0.1) is 22.6 Å². The number of rotatable bonds is 3. The highest BCUT2D eigenvalue weighted by Gasteiger charge is 2.27. The van der Waals surface area contributed by atoms with Crippen LogP contribution in [0, 0.1) is 6.92 Å². The molecule has 1 aromatic carbocycles. The molecule has 1 aliphatic heterocycles. The predicted octanol–water partition coefficient (Wildman–Crippen LogP) is 2.90. The summed E-state index contributed by atoms with van der Waals surface area (Å²) in [4.78, 5) is 22.4. The van der Waals surface area contributed by atoms with E-state index < -0.39 is 0 Å². The predicted molar refractivity (Wildman–Crippen MR) is 97.7 cm³/mol. The van der Waals surface area contributed by atoms with Crippen LogP contribution in [0.15, 0.2) is 35.1 Å². The van der Waals surface area contributed by atoms with E-state index in [9.17, 15) is 4.79 Å². The van der Waals surface area contributed by atoms with Crippen LogP contribution in [0.2, 0.25) is 0 Å². The van der Waals surface area contributed by atoms with Crippen molar-refractivity contribution in [3.63, 3.8) is 0 Å². The van der Waals surface area contributed by atoms with Crippen molar-refractivity contribution in [2.24, 2.45) is 0 Å². The zero-order valence-corrected chi connectivity index (χ0v) is 14.6. The molecule has 0 aliphatic carbocycles.